The molecule has 1 aliphatic rings. The van der Waals surface area contributed by atoms with Crippen LogP contribution in [0.25, 0.3) is 0 Å². The van der Waals surface area contributed by atoms with E-state index in [9.17, 15) is 22.8 Å². The van der Waals surface area contributed by atoms with Crippen LogP contribution in [0, 0.1) is 13.8 Å². The summed E-state index contributed by atoms with van der Waals surface area (Å²) in [5.74, 6) is 0.496. The largest absolute Gasteiger partial charge is 0.488 e. The average Bonchev–Trinajstić information content (AvgIpc) is 3.18. The smallest absolute Gasteiger partial charge is 0.416 e. The molecule has 0 unspecified atom stereocenters. The summed E-state index contributed by atoms with van der Waals surface area (Å²) in [5, 5.41) is 3.91. The maximum Gasteiger partial charge on any atom is 0.416 e. The minimum atomic E-state index is -4.46. The number of aryl methyl sites for hydroxylation is 2. The highest BCUT2D eigenvalue weighted by molar-refractivity contribution is 5.97. The van der Waals surface area contributed by atoms with Crippen molar-refractivity contribution in [2.45, 2.75) is 26.6 Å². The van der Waals surface area contributed by atoms with Crippen LogP contribution in [-0.2, 0) is 12.8 Å². The predicted octanol–water partition coefficient (Wildman–Crippen LogP) is 4.49. The van der Waals surface area contributed by atoms with Crippen LogP contribution in [0.2, 0.25) is 0 Å². The van der Waals surface area contributed by atoms with Crippen LogP contribution < -0.4 is 4.74 Å². The summed E-state index contributed by atoms with van der Waals surface area (Å²) in [6.45, 7) is 4.95. The van der Waals surface area contributed by atoms with E-state index >= 15 is 0 Å². The van der Waals surface area contributed by atoms with Gasteiger partial charge in [0.05, 0.1) is 22.4 Å². The van der Waals surface area contributed by atoms with Crippen LogP contribution in [-0.4, -0.2) is 52.9 Å². The molecule has 2 aromatic carbocycles. The Kier molecular flexibility index (Phi) is 6.81. The van der Waals surface area contributed by atoms with Gasteiger partial charge < -0.3 is 19.1 Å². The van der Waals surface area contributed by atoms with Gasteiger partial charge in [0, 0.05) is 31.7 Å². The quantitative estimate of drug-likeness (QED) is 0.530. The Hall–Kier alpha value is -3.82. The van der Waals surface area contributed by atoms with Crippen molar-refractivity contribution >= 4 is 11.8 Å². The number of carbonyl (C=O) groups is 2. The molecule has 1 aromatic heterocycles. The SMILES string of the molecule is Cc1noc(C)c1COc1ccccc1C(=O)N1CCN(C(=O)c2ccc(C(F)(F)F)cc2)CC1. The predicted molar refractivity (Wildman–Crippen MR) is 120 cm³/mol. The molecular formula is C25H24F3N3O4. The van der Waals surface area contributed by atoms with Gasteiger partial charge in [-0.15, -0.1) is 0 Å². The molecule has 0 aliphatic carbocycles. The minimum Gasteiger partial charge on any atom is -0.488 e. The van der Waals surface area contributed by atoms with E-state index in [1.54, 1.807) is 36.1 Å². The van der Waals surface area contributed by atoms with Crippen LogP contribution in [0.3, 0.4) is 0 Å². The Morgan fingerprint density at radius 1 is 0.943 bits per heavy atom. The standard InChI is InChI=1S/C25H24F3N3O4/c1-16-21(17(2)35-29-16)15-34-22-6-4-3-5-20(22)24(33)31-13-11-30(12-14-31)23(32)18-7-9-19(10-8-18)25(26,27)28/h3-10H,11-15H2,1-2H3. The highest BCUT2D eigenvalue weighted by Gasteiger charge is 2.31. The number of para-hydroxylation sites is 1. The molecular weight excluding hydrogens is 463 g/mol. The van der Waals surface area contributed by atoms with E-state index in [4.69, 9.17) is 9.26 Å². The van der Waals surface area contributed by atoms with Gasteiger partial charge in [-0.25, -0.2) is 0 Å². The molecule has 1 fully saturated rings. The lowest BCUT2D eigenvalue weighted by molar-refractivity contribution is -0.137. The molecule has 2 amide bonds. The Morgan fingerprint density at radius 3 is 2.11 bits per heavy atom. The van der Waals surface area contributed by atoms with E-state index in [-0.39, 0.29) is 37.1 Å². The average molecular weight is 487 g/mol. The van der Waals surface area contributed by atoms with Gasteiger partial charge in [-0.3, -0.25) is 9.59 Å². The van der Waals surface area contributed by atoms with Crippen LogP contribution in [0.5, 0.6) is 5.75 Å². The number of hydrogen-bond donors (Lipinski definition) is 0. The molecule has 0 radical (unpaired) electrons. The summed E-state index contributed by atoms with van der Waals surface area (Å²) in [6.07, 6.45) is -4.46. The number of benzene rings is 2. The number of nitrogens with zero attached hydrogens (tertiary/aromatic N) is 3. The first-order chi connectivity index (χ1) is 16.6. The van der Waals surface area contributed by atoms with Gasteiger partial charge in [0.25, 0.3) is 11.8 Å². The number of piperazine rings is 1. The first-order valence-corrected chi connectivity index (χ1v) is 11.0. The molecule has 1 aliphatic heterocycles. The van der Waals surface area contributed by atoms with Gasteiger partial charge in [-0.2, -0.15) is 13.2 Å². The Morgan fingerprint density at radius 2 is 1.54 bits per heavy atom. The molecule has 1 saturated heterocycles. The first-order valence-electron chi connectivity index (χ1n) is 11.0. The molecule has 35 heavy (non-hydrogen) atoms. The van der Waals surface area contributed by atoms with Crippen LogP contribution in [0.15, 0.2) is 53.1 Å². The van der Waals surface area contributed by atoms with E-state index < -0.39 is 11.7 Å². The van der Waals surface area contributed by atoms with E-state index in [0.29, 0.717) is 30.2 Å². The molecule has 3 aromatic rings. The van der Waals surface area contributed by atoms with Crippen molar-refractivity contribution in [3.8, 4) is 5.75 Å². The van der Waals surface area contributed by atoms with Crippen molar-refractivity contribution < 1.29 is 32.0 Å². The summed E-state index contributed by atoms with van der Waals surface area (Å²) in [7, 11) is 0. The normalized spacial score (nSPS) is 14.2. The lowest BCUT2D eigenvalue weighted by Gasteiger charge is -2.35. The number of carbonyl (C=O) groups excluding carboxylic acids is 2. The molecule has 4 rings (SSSR count). The molecule has 10 heteroatoms. The number of alkyl halides is 3. The fraction of sp³-hybridized carbons (Fsp3) is 0.320. The highest BCUT2D eigenvalue weighted by atomic mass is 19.4. The third-order valence-corrected chi connectivity index (χ3v) is 5.98. The topological polar surface area (TPSA) is 75.9 Å². The Bertz CT molecular complexity index is 1190. The minimum absolute atomic E-state index is 0.177. The van der Waals surface area contributed by atoms with Crippen molar-refractivity contribution in [3.63, 3.8) is 0 Å². The maximum absolute atomic E-state index is 13.2. The number of hydrogen-bond acceptors (Lipinski definition) is 5. The molecule has 0 atom stereocenters. The Balaban J connectivity index is 1.38. The molecule has 0 bridgehead atoms. The maximum atomic E-state index is 13.2. The van der Waals surface area contributed by atoms with Crippen LogP contribution in [0.4, 0.5) is 13.2 Å². The Labute approximate surface area is 200 Å². The van der Waals surface area contributed by atoms with Gasteiger partial charge in [0.15, 0.2) is 0 Å². The van der Waals surface area contributed by atoms with E-state index in [0.717, 1.165) is 23.4 Å². The van der Waals surface area contributed by atoms with E-state index in [1.807, 2.05) is 6.92 Å². The van der Waals surface area contributed by atoms with Crippen molar-refractivity contribution in [3.05, 3.63) is 82.2 Å². The molecule has 7 nitrogen and oxygen atoms in total. The first kappa shape index (κ1) is 24.3. The zero-order valence-corrected chi connectivity index (χ0v) is 19.3. The number of aromatic nitrogens is 1. The summed E-state index contributed by atoms with van der Waals surface area (Å²) in [6, 6.07) is 11.1. The zero-order chi connectivity index (χ0) is 25.2. The van der Waals surface area contributed by atoms with Crippen LogP contribution in [0.1, 0.15) is 43.3 Å². The highest BCUT2D eigenvalue weighted by Crippen LogP contribution is 2.29. The summed E-state index contributed by atoms with van der Waals surface area (Å²) < 4.78 is 49.4. The molecule has 0 spiro atoms. The third-order valence-electron chi connectivity index (χ3n) is 5.98. The van der Waals surface area contributed by atoms with Gasteiger partial charge >= 0.3 is 6.18 Å². The van der Waals surface area contributed by atoms with Crippen molar-refractivity contribution in [2.75, 3.05) is 26.2 Å². The second kappa shape index (κ2) is 9.81. The lowest BCUT2D eigenvalue weighted by atomic mass is 10.1. The van der Waals surface area contributed by atoms with Gasteiger partial charge in [0.2, 0.25) is 0 Å². The monoisotopic (exact) mass is 487 g/mol. The third kappa shape index (κ3) is 5.31. The van der Waals surface area contributed by atoms with Crippen LogP contribution >= 0.6 is 0 Å². The number of amides is 2. The van der Waals surface area contributed by atoms with E-state index in [2.05, 4.69) is 5.16 Å². The zero-order valence-electron chi connectivity index (χ0n) is 19.3. The number of rotatable bonds is 5. The number of ether oxygens (including phenoxy) is 1. The molecule has 0 saturated carbocycles. The fourth-order valence-electron chi connectivity index (χ4n) is 3.89. The van der Waals surface area contributed by atoms with Crippen molar-refractivity contribution in [2.24, 2.45) is 0 Å². The van der Waals surface area contributed by atoms with Gasteiger partial charge in [0.1, 0.15) is 18.1 Å². The number of halogens is 3. The molecule has 184 valence electrons. The van der Waals surface area contributed by atoms with Crippen molar-refractivity contribution in [1.82, 2.24) is 15.0 Å². The van der Waals surface area contributed by atoms with Crippen molar-refractivity contribution in [1.29, 1.82) is 0 Å². The van der Waals surface area contributed by atoms with E-state index in [1.165, 1.54) is 17.0 Å². The summed E-state index contributed by atoms with van der Waals surface area (Å²) >= 11 is 0. The summed E-state index contributed by atoms with van der Waals surface area (Å²) in [5.41, 5.74) is 1.32. The fourth-order valence-corrected chi connectivity index (χ4v) is 3.89. The summed E-state index contributed by atoms with van der Waals surface area (Å²) in [4.78, 5) is 29.1. The second-order valence-electron chi connectivity index (χ2n) is 8.25. The van der Waals surface area contributed by atoms with Gasteiger partial charge in [-0.1, -0.05) is 17.3 Å². The molecule has 2 heterocycles. The lowest BCUT2D eigenvalue weighted by Crippen LogP contribution is -2.50. The van der Waals surface area contributed by atoms with Gasteiger partial charge in [-0.05, 0) is 50.2 Å². The second-order valence-corrected chi connectivity index (χ2v) is 8.25. The molecule has 0 N–H and O–H groups in total.